The number of thiocarbonyl (C=S) groups is 1. The molecule has 110 valence electrons. The summed E-state index contributed by atoms with van der Waals surface area (Å²) in [7, 11) is 0. The van der Waals surface area contributed by atoms with Gasteiger partial charge in [0.1, 0.15) is 0 Å². The lowest BCUT2D eigenvalue weighted by atomic mass is 10.1. The predicted octanol–water partition coefficient (Wildman–Crippen LogP) is 5.02. The second kappa shape index (κ2) is 8.37. The number of halogens is 2. The first-order valence-corrected chi connectivity index (χ1v) is 8.27. The minimum atomic E-state index is 0.590. The third-order valence-electron chi connectivity index (χ3n) is 2.95. The zero-order valence-electron chi connectivity index (χ0n) is 11.4. The molecule has 0 radical (unpaired) electrons. The van der Waals surface area contributed by atoms with Gasteiger partial charge in [0.15, 0.2) is 5.11 Å². The van der Waals surface area contributed by atoms with E-state index in [0.29, 0.717) is 10.1 Å². The van der Waals surface area contributed by atoms with Crippen LogP contribution in [0.25, 0.3) is 0 Å². The van der Waals surface area contributed by atoms with Crippen LogP contribution in [0.5, 0.6) is 0 Å². The lowest BCUT2D eigenvalue weighted by molar-refractivity contribution is 0.777. The molecule has 0 amide bonds. The maximum atomic E-state index is 6.14. The number of anilines is 1. The highest BCUT2D eigenvalue weighted by molar-refractivity contribution is 9.10. The first-order valence-electron chi connectivity index (χ1n) is 6.69. The quantitative estimate of drug-likeness (QED) is 0.560. The Balaban J connectivity index is 1.72. The molecule has 2 aromatic rings. The van der Waals surface area contributed by atoms with Crippen molar-refractivity contribution in [2.45, 2.75) is 12.8 Å². The van der Waals surface area contributed by atoms with E-state index in [1.807, 2.05) is 24.3 Å². The summed E-state index contributed by atoms with van der Waals surface area (Å²) in [5.74, 6) is 0. The summed E-state index contributed by atoms with van der Waals surface area (Å²) in [5.41, 5.74) is 2.15. The van der Waals surface area contributed by atoms with Gasteiger partial charge in [0.2, 0.25) is 0 Å². The fraction of sp³-hybridized carbons (Fsp3) is 0.188. The summed E-state index contributed by atoms with van der Waals surface area (Å²) >= 11 is 14.8. The van der Waals surface area contributed by atoms with Crippen LogP contribution < -0.4 is 10.6 Å². The lowest BCUT2D eigenvalue weighted by Crippen LogP contribution is -2.29. The molecular formula is C16H16BrClN2S. The van der Waals surface area contributed by atoms with Crippen LogP contribution in [0.1, 0.15) is 12.0 Å². The van der Waals surface area contributed by atoms with E-state index in [1.165, 1.54) is 5.56 Å². The zero-order valence-corrected chi connectivity index (χ0v) is 14.6. The molecule has 0 fully saturated rings. The van der Waals surface area contributed by atoms with Gasteiger partial charge in [-0.05, 0) is 48.8 Å². The number of rotatable bonds is 5. The van der Waals surface area contributed by atoms with E-state index in [4.69, 9.17) is 23.8 Å². The molecular weight excluding hydrogens is 368 g/mol. The molecule has 0 saturated carbocycles. The second-order valence-electron chi connectivity index (χ2n) is 4.59. The standard InChI is InChI=1S/C16H16BrClN2S/c17-13-8-9-15(14(18)11-13)20-16(21)19-10-4-7-12-5-2-1-3-6-12/h1-3,5-6,8-9,11H,4,7,10H2,(H2,19,20,21). The van der Waals surface area contributed by atoms with Gasteiger partial charge >= 0.3 is 0 Å². The molecule has 0 bridgehead atoms. The minimum absolute atomic E-state index is 0.590. The summed E-state index contributed by atoms with van der Waals surface area (Å²) in [6.07, 6.45) is 2.06. The van der Waals surface area contributed by atoms with Gasteiger partial charge in [0.05, 0.1) is 10.7 Å². The van der Waals surface area contributed by atoms with Crippen LogP contribution >= 0.6 is 39.7 Å². The van der Waals surface area contributed by atoms with Gasteiger partial charge in [-0.3, -0.25) is 0 Å². The van der Waals surface area contributed by atoms with Gasteiger partial charge in [-0.25, -0.2) is 0 Å². The van der Waals surface area contributed by atoms with Crippen LogP contribution in [0, 0.1) is 0 Å². The van der Waals surface area contributed by atoms with Crippen molar-refractivity contribution in [2.24, 2.45) is 0 Å². The van der Waals surface area contributed by atoms with Gasteiger partial charge in [-0.2, -0.15) is 0 Å². The Morgan fingerprint density at radius 2 is 1.90 bits per heavy atom. The smallest absolute Gasteiger partial charge is 0.170 e. The van der Waals surface area contributed by atoms with Crippen molar-refractivity contribution >= 4 is 50.5 Å². The van der Waals surface area contributed by atoms with Crippen molar-refractivity contribution in [1.82, 2.24) is 5.32 Å². The molecule has 0 aliphatic rings. The first-order chi connectivity index (χ1) is 10.1. The van der Waals surface area contributed by atoms with Crippen molar-refractivity contribution in [3.05, 3.63) is 63.6 Å². The molecule has 2 aromatic carbocycles. The fourth-order valence-corrected chi connectivity index (χ4v) is 2.83. The number of hydrogen-bond acceptors (Lipinski definition) is 1. The largest absolute Gasteiger partial charge is 0.362 e. The van der Waals surface area contributed by atoms with Crippen LogP contribution in [0.15, 0.2) is 53.0 Å². The number of aryl methyl sites for hydroxylation is 1. The molecule has 0 unspecified atom stereocenters. The lowest BCUT2D eigenvalue weighted by Gasteiger charge is -2.12. The Labute approximate surface area is 144 Å². The van der Waals surface area contributed by atoms with Crippen LogP contribution in [-0.4, -0.2) is 11.7 Å². The normalized spacial score (nSPS) is 10.2. The molecule has 5 heteroatoms. The van der Waals surface area contributed by atoms with E-state index in [0.717, 1.165) is 29.5 Å². The van der Waals surface area contributed by atoms with Gasteiger partial charge in [-0.15, -0.1) is 0 Å². The highest BCUT2D eigenvalue weighted by atomic mass is 79.9. The third kappa shape index (κ3) is 5.65. The predicted molar refractivity (Wildman–Crippen MR) is 98.1 cm³/mol. The monoisotopic (exact) mass is 382 g/mol. The van der Waals surface area contributed by atoms with E-state index < -0.39 is 0 Å². The van der Waals surface area contributed by atoms with E-state index >= 15 is 0 Å². The third-order valence-corrected chi connectivity index (χ3v) is 4.00. The Bertz CT molecular complexity index is 604. The second-order valence-corrected chi connectivity index (χ2v) is 6.33. The number of benzene rings is 2. The minimum Gasteiger partial charge on any atom is -0.362 e. The van der Waals surface area contributed by atoms with Gasteiger partial charge < -0.3 is 10.6 Å². The molecule has 21 heavy (non-hydrogen) atoms. The Hall–Kier alpha value is -1.10. The van der Waals surface area contributed by atoms with Crippen molar-refractivity contribution < 1.29 is 0 Å². The first kappa shape index (κ1) is 16.3. The van der Waals surface area contributed by atoms with Crippen molar-refractivity contribution in [2.75, 3.05) is 11.9 Å². The Morgan fingerprint density at radius 1 is 1.14 bits per heavy atom. The number of hydrogen-bond donors (Lipinski definition) is 2. The Morgan fingerprint density at radius 3 is 2.62 bits per heavy atom. The fourth-order valence-electron chi connectivity index (χ4n) is 1.90. The summed E-state index contributed by atoms with van der Waals surface area (Å²) in [6, 6.07) is 16.1. The Kier molecular flexibility index (Phi) is 6.49. The molecule has 0 aromatic heterocycles. The molecule has 0 heterocycles. The molecule has 0 atom stereocenters. The van der Waals surface area contributed by atoms with Crippen LogP contribution in [-0.2, 0) is 6.42 Å². The topological polar surface area (TPSA) is 24.1 Å². The molecule has 0 aliphatic heterocycles. The summed E-state index contributed by atoms with van der Waals surface area (Å²) in [4.78, 5) is 0. The maximum Gasteiger partial charge on any atom is 0.170 e. The highest BCUT2D eigenvalue weighted by Gasteiger charge is 2.03. The summed E-state index contributed by atoms with van der Waals surface area (Å²) in [5, 5.41) is 7.52. The van der Waals surface area contributed by atoms with E-state index in [9.17, 15) is 0 Å². The van der Waals surface area contributed by atoms with Gasteiger partial charge in [-0.1, -0.05) is 57.9 Å². The SMILES string of the molecule is S=C(NCCCc1ccccc1)Nc1ccc(Br)cc1Cl. The van der Waals surface area contributed by atoms with Gasteiger partial charge in [0, 0.05) is 11.0 Å². The zero-order chi connectivity index (χ0) is 15.1. The van der Waals surface area contributed by atoms with E-state index in [1.54, 1.807) is 0 Å². The average Bonchev–Trinajstić information content (AvgIpc) is 2.48. The van der Waals surface area contributed by atoms with E-state index in [2.05, 4.69) is 50.8 Å². The van der Waals surface area contributed by atoms with Crippen LogP contribution in [0.2, 0.25) is 5.02 Å². The van der Waals surface area contributed by atoms with Crippen molar-refractivity contribution in [3.8, 4) is 0 Å². The molecule has 0 spiro atoms. The molecule has 0 aliphatic carbocycles. The van der Waals surface area contributed by atoms with Crippen LogP contribution in [0.4, 0.5) is 5.69 Å². The maximum absolute atomic E-state index is 6.14. The van der Waals surface area contributed by atoms with Crippen LogP contribution in [0.3, 0.4) is 0 Å². The van der Waals surface area contributed by atoms with Gasteiger partial charge in [0.25, 0.3) is 0 Å². The number of nitrogens with one attached hydrogen (secondary N) is 2. The molecule has 0 saturated heterocycles. The molecule has 2 rings (SSSR count). The molecule has 2 N–H and O–H groups in total. The summed E-state index contributed by atoms with van der Waals surface area (Å²) in [6.45, 7) is 0.828. The average molecular weight is 384 g/mol. The summed E-state index contributed by atoms with van der Waals surface area (Å²) < 4.78 is 0.944. The highest BCUT2D eigenvalue weighted by Crippen LogP contribution is 2.25. The molecule has 2 nitrogen and oxygen atoms in total. The van der Waals surface area contributed by atoms with E-state index in [-0.39, 0.29) is 0 Å². The van der Waals surface area contributed by atoms with Crippen molar-refractivity contribution in [3.63, 3.8) is 0 Å². The van der Waals surface area contributed by atoms with Crippen molar-refractivity contribution in [1.29, 1.82) is 0 Å².